The number of hydrogen-bond donors (Lipinski definition) is 0. The third kappa shape index (κ3) is 7.88. The Balaban J connectivity index is 1.19. The number of nitrogens with zero attached hydrogens (tertiary/aromatic N) is 3. The van der Waals surface area contributed by atoms with Gasteiger partial charge in [0.05, 0.1) is 11.4 Å². The van der Waals surface area contributed by atoms with Gasteiger partial charge >= 0.3 is 0 Å². The molecule has 4 heteroatoms. The Bertz CT molecular complexity index is 3800. The van der Waals surface area contributed by atoms with Crippen LogP contribution in [-0.4, -0.2) is 6.71 Å². The summed E-state index contributed by atoms with van der Waals surface area (Å²) in [5, 5.41) is 0. The van der Waals surface area contributed by atoms with Crippen LogP contribution in [0.25, 0.3) is 33.4 Å². The van der Waals surface area contributed by atoms with Crippen molar-refractivity contribution in [1.82, 2.24) is 0 Å². The van der Waals surface area contributed by atoms with Crippen LogP contribution in [0, 0.1) is 6.92 Å². The molecule has 0 N–H and O–H groups in total. The molecule has 10 aromatic rings. The summed E-state index contributed by atoms with van der Waals surface area (Å²) >= 11 is 0. The minimum atomic E-state index is -0.0778. The molecule has 0 radical (unpaired) electrons. The molecule has 10 aromatic carbocycles. The average molecular weight is 982 g/mol. The number of anilines is 9. The highest BCUT2D eigenvalue weighted by Crippen LogP contribution is 2.55. The number of fused-ring (bicyclic) bond motifs is 5. The van der Waals surface area contributed by atoms with Crippen molar-refractivity contribution in [1.29, 1.82) is 0 Å². The predicted octanol–water partition coefficient (Wildman–Crippen LogP) is 17.8. The molecule has 0 atom stereocenters. The van der Waals surface area contributed by atoms with Gasteiger partial charge in [0.1, 0.15) is 0 Å². The molecule has 2 aliphatic heterocycles. The van der Waals surface area contributed by atoms with Gasteiger partial charge in [0.25, 0.3) is 6.71 Å². The van der Waals surface area contributed by atoms with Gasteiger partial charge in [-0.2, -0.15) is 0 Å². The predicted molar refractivity (Wildman–Crippen MR) is 326 cm³/mol. The number of benzene rings is 10. The van der Waals surface area contributed by atoms with Crippen LogP contribution in [0.1, 0.15) is 77.1 Å². The van der Waals surface area contributed by atoms with Gasteiger partial charge in [0.2, 0.25) is 0 Å². The third-order valence-electron chi connectivity index (χ3n) is 16.7. The lowest BCUT2D eigenvalue weighted by Gasteiger charge is -2.46. The van der Waals surface area contributed by atoms with Crippen molar-refractivity contribution in [3.05, 3.63) is 253 Å². The van der Waals surface area contributed by atoms with Crippen LogP contribution in [-0.2, 0) is 16.2 Å². The maximum absolute atomic E-state index is 2.65. The van der Waals surface area contributed by atoms with Gasteiger partial charge in [-0.1, -0.05) is 206 Å². The maximum atomic E-state index is 2.65. The largest absolute Gasteiger partial charge is 0.311 e. The molecular weight excluding hydrogens is 918 g/mol. The second kappa shape index (κ2) is 17.9. The number of para-hydroxylation sites is 2. The van der Waals surface area contributed by atoms with E-state index in [-0.39, 0.29) is 23.0 Å². The quantitative estimate of drug-likeness (QED) is 0.141. The molecule has 0 saturated heterocycles. The highest BCUT2D eigenvalue weighted by atomic mass is 15.2. The molecule has 0 spiro atoms. The first-order chi connectivity index (χ1) is 36.7. The molecule has 76 heavy (non-hydrogen) atoms. The van der Waals surface area contributed by atoms with Crippen LogP contribution < -0.4 is 31.1 Å². The zero-order valence-corrected chi connectivity index (χ0v) is 45.1. The Hall–Kier alpha value is -8.34. The Labute approximate surface area is 450 Å². The van der Waals surface area contributed by atoms with Crippen LogP contribution in [0.2, 0.25) is 0 Å². The van der Waals surface area contributed by atoms with Crippen LogP contribution in [0.5, 0.6) is 0 Å². The van der Waals surface area contributed by atoms with E-state index in [1.165, 1.54) is 100 Å². The molecule has 0 saturated carbocycles. The average Bonchev–Trinajstić information content (AvgIpc) is 3.69. The number of hydrogen-bond acceptors (Lipinski definition) is 3. The first kappa shape index (κ1) is 47.4. The summed E-state index contributed by atoms with van der Waals surface area (Å²) in [6.07, 6.45) is 1.08. The molecule has 0 amide bonds. The fourth-order valence-corrected chi connectivity index (χ4v) is 13.3. The van der Waals surface area contributed by atoms with E-state index in [0.29, 0.717) is 0 Å². The minimum Gasteiger partial charge on any atom is -0.311 e. The maximum Gasteiger partial charge on any atom is 0.252 e. The normalized spacial score (nSPS) is 14.7. The van der Waals surface area contributed by atoms with Crippen molar-refractivity contribution >= 4 is 74.3 Å². The molecule has 0 bridgehead atoms. The van der Waals surface area contributed by atoms with Gasteiger partial charge in [-0.3, -0.25) is 0 Å². The standard InChI is InChI=1S/C72H64BN3/c1-48-40-52(49-24-14-9-15-25-49)35-38-63(48)75-66-46-60-59(71(5,6)47-72(60,7)8)45-62(66)73-61-37-34-53(50-26-16-10-17-27-50)41-65(61)76(64-39-36-54(70(2,3)4)42-58(64)51-28-18-11-19-29-51)68-44-57(43-67(75)69(68)73)74(55-30-20-12-21-31-55)56-32-22-13-23-33-56/h9-46H,47H2,1-8H3. The zero-order chi connectivity index (χ0) is 52.1. The van der Waals surface area contributed by atoms with E-state index < -0.39 is 0 Å². The molecule has 3 aliphatic rings. The lowest BCUT2D eigenvalue weighted by Crippen LogP contribution is -2.61. The summed E-state index contributed by atoms with van der Waals surface area (Å²) in [6.45, 7) is 19.0. The molecule has 3 nitrogen and oxygen atoms in total. The Morgan fingerprint density at radius 2 is 0.868 bits per heavy atom. The van der Waals surface area contributed by atoms with Crippen molar-refractivity contribution in [3.8, 4) is 33.4 Å². The highest BCUT2D eigenvalue weighted by Gasteiger charge is 2.49. The monoisotopic (exact) mass is 982 g/mol. The summed E-state index contributed by atoms with van der Waals surface area (Å²) in [7, 11) is 0. The summed E-state index contributed by atoms with van der Waals surface area (Å²) in [5.41, 5.74) is 26.9. The fraction of sp³-hybridized carbons (Fsp3) is 0.167. The molecule has 13 rings (SSSR count). The Morgan fingerprint density at radius 3 is 1.42 bits per heavy atom. The summed E-state index contributed by atoms with van der Waals surface area (Å²) in [5.74, 6) is 0. The summed E-state index contributed by atoms with van der Waals surface area (Å²) in [4.78, 5) is 7.74. The first-order valence-corrected chi connectivity index (χ1v) is 27.2. The summed E-state index contributed by atoms with van der Waals surface area (Å²) in [6, 6.07) is 86.5. The van der Waals surface area contributed by atoms with Gasteiger partial charge in [-0.15, -0.1) is 0 Å². The number of rotatable bonds is 8. The lowest BCUT2D eigenvalue weighted by atomic mass is 9.33. The minimum absolute atomic E-state index is 0.00907. The molecule has 0 fully saturated rings. The smallest absolute Gasteiger partial charge is 0.252 e. The van der Waals surface area contributed by atoms with E-state index in [1.54, 1.807) is 0 Å². The lowest BCUT2D eigenvalue weighted by molar-refractivity contribution is 0.403. The zero-order valence-electron chi connectivity index (χ0n) is 45.1. The highest BCUT2D eigenvalue weighted by molar-refractivity contribution is 7.00. The second-order valence-electron chi connectivity index (χ2n) is 23.8. The van der Waals surface area contributed by atoms with Gasteiger partial charge < -0.3 is 14.7 Å². The van der Waals surface area contributed by atoms with E-state index >= 15 is 0 Å². The Kier molecular flexibility index (Phi) is 11.2. The molecular formula is C72H64BN3. The molecule has 0 unspecified atom stereocenters. The fourth-order valence-electron chi connectivity index (χ4n) is 13.3. The molecule has 0 aromatic heterocycles. The molecule has 370 valence electrons. The van der Waals surface area contributed by atoms with Crippen molar-refractivity contribution in [2.24, 2.45) is 0 Å². The van der Waals surface area contributed by atoms with Crippen molar-refractivity contribution in [2.75, 3.05) is 14.7 Å². The molecule has 1 aliphatic carbocycles. The van der Waals surface area contributed by atoms with Crippen molar-refractivity contribution < 1.29 is 0 Å². The van der Waals surface area contributed by atoms with E-state index in [2.05, 4.69) is 301 Å². The van der Waals surface area contributed by atoms with Gasteiger partial charge in [-0.05, 0) is 169 Å². The van der Waals surface area contributed by atoms with E-state index in [4.69, 9.17) is 0 Å². The van der Waals surface area contributed by atoms with Gasteiger partial charge in [-0.25, -0.2) is 0 Å². The van der Waals surface area contributed by atoms with E-state index in [0.717, 1.165) is 29.2 Å². The van der Waals surface area contributed by atoms with Gasteiger partial charge in [0.15, 0.2) is 0 Å². The second-order valence-corrected chi connectivity index (χ2v) is 23.8. The third-order valence-corrected chi connectivity index (χ3v) is 16.7. The van der Waals surface area contributed by atoms with Crippen LogP contribution in [0.4, 0.5) is 51.2 Å². The first-order valence-electron chi connectivity index (χ1n) is 27.2. The van der Waals surface area contributed by atoms with Crippen LogP contribution in [0.15, 0.2) is 231 Å². The summed E-state index contributed by atoms with van der Waals surface area (Å²) < 4.78 is 0. The van der Waals surface area contributed by atoms with Crippen molar-refractivity contribution in [3.63, 3.8) is 0 Å². The van der Waals surface area contributed by atoms with Crippen LogP contribution in [0.3, 0.4) is 0 Å². The molecule has 2 heterocycles. The Morgan fingerprint density at radius 1 is 0.395 bits per heavy atom. The topological polar surface area (TPSA) is 9.72 Å². The van der Waals surface area contributed by atoms with Crippen molar-refractivity contribution in [2.45, 2.75) is 78.1 Å². The van der Waals surface area contributed by atoms with E-state index in [1.807, 2.05) is 0 Å². The van der Waals surface area contributed by atoms with E-state index in [9.17, 15) is 0 Å². The van der Waals surface area contributed by atoms with Crippen LogP contribution >= 0.6 is 0 Å². The van der Waals surface area contributed by atoms with Gasteiger partial charge in [0, 0.05) is 45.4 Å². The number of aryl methyl sites for hydroxylation is 1. The SMILES string of the molecule is Cc1cc(-c2ccccc2)ccc1N1c2cc3c(cc2B2c4ccc(-c5ccccc5)cc4N(c4ccc(C(C)(C)C)cc4-c4ccccc4)c4cc(N(c5ccccc5)c5ccccc5)cc1c42)C(C)(C)CC3(C)C.